The third kappa shape index (κ3) is 3.97. The number of hydrogen-bond donors (Lipinski definition) is 1. The van der Waals surface area contributed by atoms with Gasteiger partial charge in [0, 0.05) is 0 Å². The van der Waals surface area contributed by atoms with E-state index in [2.05, 4.69) is 41.4 Å². The quantitative estimate of drug-likeness (QED) is 0.809. The maximum atomic E-state index is 5.70. The highest BCUT2D eigenvalue weighted by Crippen LogP contribution is 2.33. The van der Waals surface area contributed by atoms with Crippen LogP contribution >= 0.6 is 0 Å². The van der Waals surface area contributed by atoms with Crippen LogP contribution in [-0.4, -0.2) is 29.1 Å². The molecule has 0 aliphatic rings. The van der Waals surface area contributed by atoms with Gasteiger partial charge in [0.05, 0.1) is 25.6 Å². The predicted molar refractivity (Wildman–Crippen MR) is 81.9 cm³/mol. The summed E-state index contributed by atoms with van der Waals surface area (Å²) < 4.78 is 11.2. The predicted octanol–water partition coefficient (Wildman–Crippen LogP) is 3.34. The minimum absolute atomic E-state index is 0.393. The van der Waals surface area contributed by atoms with E-state index >= 15 is 0 Å². The first-order valence-electron chi connectivity index (χ1n) is 7.43. The van der Waals surface area contributed by atoms with Crippen molar-refractivity contribution in [3.8, 4) is 11.5 Å². The van der Waals surface area contributed by atoms with Crippen molar-refractivity contribution in [3.63, 3.8) is 0 Å². The highest BCUT2D eigenvalue weighted by Gasteiger charge is 2.15. The van der Waals surface area contributed by atoms with E-state index in [1.54, 1.807) is 13.3 Å². The van der Waals surface area contributed by atoms with E-state index in [4.69, 9.17) is 9.47 Å². The van der Waals surface area contributed by atoms with Crippen molar-refractivity contribution >= 4 is 0 Å². The van der Waals surface area contributed by atoms with Gasteiger partial charge in [-0.25, -0.2) is 0 Å². The van der Waals surface area contributed by atoms with Gasteiger partial charge in [-0.15, -0.1) is 0 Å². The molecule has 1 heterocycles. The molecule has 5 heteroatoms. The third-order valence-corrected chi connectivity index (χ3v) is 3.53. The summed E-state index contributed by atoms with van der Waals surface area (Å²) in [5.74, 6) is 1.99. The average Bonchev–Trinajstić information content (AvgIpc) is 3.03. The topological polar surface area (TPSA) is 60.0 Å². The Hall–Kier alpha value is -2.04. The van der Waals surface area contributed by atoms with Gasteiger partial charge in [0.25, 0.3) is 0 Å². The molecule has 0 aliphatic carbocycles. The third-order valence-electron chi connectivity index (χ3n) is 3.53. The molecular weight excluding hydrogens is 266 g/mol. The fourth-order valence-electron chi connectivity index (χ4n) is 2.34. The van der Waals surface area contributed by atoms with Crippen LogP contribution in [0, 0.1) is 0 Å². The van der Waals surface area contributed by atoms with E-state index in [0.717, 1.165) is 36.5 Å². The molecule has 0 radical (unpaired) electrons. The zero-order valence-corrected chi connectivity index (χ0v) is 12.9. The molecule has 0 saturated carbocycles. The molecule has 1 aromatic heterocycles. The maximum absolute atomic E-state index is 5.70. The van der Waals surface area contributed by atoms with Gasteiger partial charge >= 0.3 is 0 Å². The molecule has 0 amide bonds. The molecule has 0 fully saturated rings. The summed E-state index contributed by atoms with van der Waals surface area (Å²) in [7, 11) is 1.68. The van der Waals surface area contributed by atoms with Gasteiger partial charge in [-0.2, -0.15) is 15.4 Å². The molecule has 114 valence electrons. The van der Waals surface area contributed by atoms with E-state index in [0.29, 0.717) is 12.5 Å². The summed E-state index contributed by atoms with van der Waals surface area (Å²) in [6, 6.07) is 6.18. The van der Waals surface area contributed by atoms with Crippen molar-refractivity contribution in [3.05, 3.63) is 35.7 Å². The van der Waals surface area contributed by atoms with Gasteiger partial charge < -0.3 is 9.47 Å². The summed E-state index contributed by atoms with van der Waals surface area (Å²) in [5, 5.41) is 10.7. The Bertz CT molecular complexity index is 540. The Morgan fingerprint density at radius 1 is 1.24 bits per heavy atom. The lowest BCUT2D eigenvalue weighted by Gasteiger charge is -2.17. The number of ether oxygens (including phenoxy) is 2. The molecule has 1 atom stereocenters. The molecule has 1 aromatic carbocycles. The van der Waals surface area contributed by atoms with Gasteiger partial charge in [-0.3, -0.25) is 0 Å². The van der Waals surface area contributed by atoms with E-state index in [1.165, 1.54) is 5.56 Å². The van der Waals surface area contributed by atoms with Crippen LogP contribution in [0.15, 0.2) is 24.4 Å². The molecule has 0 bridgehead atoms. The molecule has 2 rings (SSSR count). The van der Waals surface area contributed by atoms with Crippen LogP contribution in [0.3, 0.4) is 0 Å². The minimum atomic E-state index is 0.393. The van der Waals surface area contributed by atoms with Crippen LogP contribution < -0.4 is 9.47 Å². The zero-order valence-electron chi connectivity index (χ0n) is 12.9. The lowest BCUT2D eigenvalue weighted by molar-refractivity contribution is 0.294. The molecule has 21 heavy (non-hydrogen) atoms. The van der Waals surface area contributed by atoms with Crippen molar-refractivity contribution < 1.29 is 9.47 Å². The Labute approximate surface area is 125 Å². The van der Waals surface area contributed by atoms with Crippen molar-refractivity contribution in [2.24, 2.45) is 0 Å². The van der Waals surface area contributed by atoms with Gasteiger partial charge in [0.2, 0.25) is 0 Å². The number of rotatable bonds is 8. The smallest absolute Gasteiger partial charge is 0.161 e. The van der Waals surface area contributed by atoms with Crippen LogP contribution in [0.1, 0.15) is 43.9 Å². The first-order valence-corrected chi connectivity index (χ1v) is 7.43. The number of benzene rings is 1. The fraction of sp³-hybridized carbons (Fsp3) is 0.500. The van der Waals surface area contributed by atoms with Crippen molar-refractivity contribution in [2.75, 3.05) is 13.7 Å². The Kier molecular flexibility index (Phi) is 5.60. The highest BCUT2D eigenvalue weighted by atomic mass is 16.5. The van der Waals surface area contributed by atoms with Crippen molar-refractivity contribution in [2.45, 2.75) is 39.0 Å². The number of hydrogen-bond acceptors (Lipinski definition) is 4. The van der Waals surface area contributed by atoms with Crippen LogP contribution in [0.2, 0.25) is 0 Å². The molecule has 5 nitrogen and oxygen atoms in total. The largest absolute Gasteiger partial charge is 0.493 e. The monoisotopic (exact) mass is 289 g/mol. The van der Waals surface area contributed by atoms with Gasteiger partial charge in [0.1, 0.15) is 0 Å². The number of nitrogens with one attached hydrogen (secondary N) is 1. The number of H-pyrrole nitrogens is 1. The maximum Gasteiger partial charge on any atom is 0.161 e. The first kappa shape index (κ1) is 15.4. The second kappa shape index (κ2) is 7.67. The highest BCUT2D eigenvalue weighted by molar-refractivity contribution is 5.44. The van der Waals surface area contributed by atoms with E-state index in [9.17, 15) is 0 Å². The number of methoxy groups -OCH3 is 1. The lowest BCUT2D eigenvalue weighted by Crippen LogP contribution is -2.04. The van der Waals surface area contributed by atoms with E-state index < -0.39 is 0 Å². The minimum Gasteiger partial charge on any atom is -0.493 e. The number of aromatic amines is 1. The molecule has 0 spiro atoms. The Balaban J connectivity index is 2.17. The second-order valence-electron chi connectivity index (χ2n) is 5.03. The summed E-state index contributed by atoms with van der Waals surface area (Å²) in [6.45, 7) is 4.97. The molecule has 0 saturated heterocycles. The summed E-state index contributed by atoms with van der Waals surface area (Å²) in [5.41, 5.74) is 2.22. The lowest BCUT2D eigenvalue weighted by atomic mass is 9.92. The van der Waals surface area contributed by atoms with Gasteiger partial charge in [-0.1, -0.05) is 19.9 Å². The second-order valence-corrected chi connectivity index (χ2v) is 5.03. The SMILES string of the molecule is CCCOc1ccc(C(CC)Cc2cn[nH]n2)cc1OC. The van der Waals surface area contributed by atoms with E-state index in [-0.39, 0.29) is 0 Å². The standard InChI is InChI=1S/C16H23N3O2/c1-4-8-21-15-7-6-13(10-16(15)20-3)12(5-2)9-14-11-17-19-18-14/h6-7,10-12H,4-5,8-9H2,1-3H3,(H,17,18,19). The molecule has 0 aliphatic heterocycles. The first-order chi connectivity index (χ1) is 10.3. The Morgan fingerprint density at radius 2 is 2.10 bits per heavy atom. The van der Waals surface area contributed by atoms with Crippen LogP contribution in [0.5, 0.6) is 11.5 Å². The average molecular weight is 289 g/mol. The van der Waals surface area contributed by atoms with Gasteiger partial charge in [0.15, 0.2) is 11.5 Å². The number of aromatic nitrogens is 3. The van der Waals surface area contributed by atoms with Gasteiger partial charge in [-0.05, 0) is 42.9 Å². The molecular formula is C16H23N3O2. The van der Waals surface area contributed by atoms with Crippen molar-refractivity contribution in [1.29, 1.82) is 0 Å². The molecule has 1 N–H and O–H groups in total. The molecule has 2 aromatic rings. The van der Waals surface area contributed by atoms with E-state index in [1.807, 2.05) is 6.07 Å². The van der Waals surface area contributed by atoms with Crippen LogP contribution in [0.25, 0.3) is 0 Å². The zero-order chi connectivity index (χ0) is 15.1. The summed E-state index contributed by atoms with van der Waals surface area (Å²) >= 11 is 0. The molecule has 1 unspecified atom stereocenters. The normalized spacial score (nSPS) is 12.1. The summed E-state index contributed by atoms with van der Waals surface area (Å²) in [6.07, 6.45) is 4.66. The van der Waals surface area contributed by atoms with Crippen LogP contribution in [-0.2, 0) is 6.42 Å². The Morgan fingerprint density at radius 3 is 2.71 bits per heavy atom. The van der Waals surface area contributed by atoms with Crippen LogP contribution in [0.4, 0.5) is 0 Å². The summed E-state index contributed by atoms with van der Waals surface area (Å²) in [4.78, 5) is 0. The fourth-order valence-corrected chi connectivity index (χ4v) is 2.34. The van der Waals surface area contributed by atoms with Crippen molar-refractivity contribution in [1.82, 2.24) is 15.4 Å². The number of nitrogens with zero attached hydrogens (tertiary/aromatic N) is 2.